The van der Waals surface area contributed by atoms with Crippen LogP contribution in [0.15, 0.2) is 60.8 Å². The summed E-state index contributed by atoms with van der Waals surface area (Å²) >= 11 is 0. The van der Waals surface area contributed by atoms with E-state index in [-0.39, 0.29) is 5.41 Å². The fraction of sp³-hybridized carbons (Fsp3) is 0.250. The molecule has 1 heterocycles. The summed E-state index contributed by atoms with van der Waals surface area (Å²) in [6, 6.07) is 16.5. The predicted molar refractivity (Wildman–Crippen MR) is 108 cm³/mol. The molecule has 1 aliphatic rings. The molecule has 3 rings (SSSR count). The minimum absolute atomic E-state index is 0.00340. The van der Waals surface area contributed by atoms with E-state index in [1.165, 1.54) is 17.0 Å². The van der Waals surface area contributed by atoms with Crippen molar-refractivity contribution in [1.82, 2.24) is 0 Å². The Kier molecular flexibility index (Phi) is 6.60. The lowest BCUT2D eigenvalue weighted by Crippen LogP contribution is -2.26. The van der Waals surface area contributed by atoms with Crippen LogP contribution in [0, 0.1) is 0 Å². The molecule has 0 amide bonds. The molecule has 28 heavy (non-hydrogen) atoms. The fourth-order valence-corrected chi connectivity index (χ4v) is 3.21. The van der Waals surface area contributed by atoms with Gasteiger partial charge in [-0.15, -0.1) is 0 Å². The molecule has 0 saturated carbocycles. The van der Waals surface area contributed by atoms with Crippen molar-refractivity contribution in [2.24, 2.45) is 0 Å². The van der Waals surface area contributed by atoms with Gasteiger partial charge in [0.15, 0.2) is 5.71 Å². The SMILES string of the molecule is COc1ccc(N/C=C/C2=[N+](C)c3ccccc3C2(C)C)cc1.O=S(=O)([O-])O. The molecule has 0 unspecified atom stereocenters. The van der Waals surface area contributed by atoms with Gasteiger partial charge >= 0.3 is 0 Å². The molecule has 0 bridgehead atoms. The molecule has 0 spiro atoms. The topological polar surface area (TPSA) is 102 Å². The summed E-state index contributed by atoms with van der Waals surface area (Å²) in [6.07, 6.45) is 4.16. The van der Waals surface area contributed by atoms with E-state index in [1.807, 2.05) is 30.5 Å². The molecule has 2 aromatic carbocycles. The maximum atomic E-state index is 8.63. The van der Waals surface area contributed by atoms with Gasteiger partial charge in [0, 0.05) is 29.6 Å². The predicted octanol–water partition coefficient (Wildman–Crippen LogP) is 3.33. The number of benzene rings is 2. The first-order valence-electron chi connectivity index (χ1n) is 8.50. The monoisotopic (exact) mass is 404 g/mol. The van der Waals surface area contributed by atoms with Crippen molar-refractivity contribution in [2.45, 2.75) is 19.3 Å². The number of hydrogen-bond donors (Lipinski definition) is 2. The van der Waals surface area contributed by atoms with E-state index in [2.05, 4.69) is 61.1 Å². The van der Waals surface area contributed by atoms with Crippen LogP contribution >= 0.6 is 0 Å². The fourth-order valence-electron chi connectivity index (χ4n) is 3.21. The van der Waals surface area contributed by atoms with Gasteiger partial charge in [-0.1, -0.05) is 18.2 Å². The van der Waals surface area contributed by atoms with Crippen molar-refractivity contribution in [3.8, 4) is 5.75 Å². The summed E-state index contributed by atoms with van der Waals surface area (Å²) in [5.41, 5.74) is 4.97. The first-order valence-corrected chi connectivity index (χ1v) is 9.86. The van der Waals surface area contributed by atoms with Crippen LogP contribution in [-0.4, -0.2) is 42.0 Å². The Morgan fingerprint density at radius 2 is 1.71 bits per heavy atom. The molecule has 8 heteroatoms. The summed E-state index contributed by atoms with van der Waals surface area (Å²) in [4.78, 5) is 0. The maximum absolute atomic E-state index is 8.63. The summed E-state index contributed by atoms with van der Waals surface area (Å²) in [5, 5.41) is 3.32. The number of rotatable bonds is 4. The lowest BCUT2D eigenvalue weighted by molar-refractivity contribution is -0.401. The first-order chi connectivity index (χ1) is 13.0. The third kappa shape index (κ3) is 5.41. The van der Waals surface area contributed by atoms with Crippen molar-refractivity contribution >= 4 is 27.5 Å². The van der Waals surface area contributed by atoms with Gasteiger partial charge in [0.2, 0.25) is 16.1 Å². The maximum Gasteiger partial charge on any atom is 0.215 e. The van der Waals surface area contributed by atoms with Crippen molar-refractivity contribution in [1.29, 1.82) is 0 Å². The number of ether oxygens (including phenoxy) is 1. The zero-order chi connectivity index (χ0) is 20.9. The largest absolute Gasteiger partial charge is 0.726 e. The summed E-state index contributed by atoms with van der Waals surface area (Å²) in [5.74, 6) is 0.862. The van der Waals surface area contributed by atoms with Crippen molar-refractivity contribution in [3.63, 3.8) is 0 Å². The van der Waals surface area contributed by atoms with Gasteiger partial charge in [-0.3, -0.25) is 4.55 Å². The number of nitrogens with one attached hydrogen (secondary N) is 1. The standard InChI is InChI=1S/C20H22N2O.H2O4S/c1-20(2)17-7-5-6-8-18(17)22(3)19(20)13-14-21-15-9-11-16(23-4)12-10-15;1-5(2,3)4/h5-14H,1-4H3;(H2,1,2,3,4). The highest BCUT2D eigenvalue weighted by Crippen LogP contribution is 2.38. The highest BCUT2D eigenvalue weighted by molar-refractivity contribution is 7.79. The van der Waals surface area contributed by atoms with Gasteiger partial charge in [-0.25, -0.2) is 8.42 Å². The van der Waals surface area contributed by atoms with Gasteiger partial charge in [-0.2, -0.15) is 4.58 Å². The lowest BCUT2D eigenvalue weighted by Gasteiger charge is -2.15. The average molecular weight is 404 g/mol. The zero-order valence-electron chi connectivity index (χ0n) is 16.2. The molecule has 2 N–H and O–H groups in total. The Morgan fingerprint density at radius 1 is 1.14 bits per heavy atom. The Labute approximate surface area is 165 Å². The van der Waals surface area contributed by atoms with E-state index in [0.717, 1.165) is 11.4 Å². The number of allylic oxidation sites excluding steroid dienone is 1. The molecule has 1 aliphatic heterocycles. The molecule has 0 saturated heterocycles. The normalized spacial score (nSPS) is 15.1. The van der Waals surface area contributed by atoms with E-state index in [4.69, 9.17) is 22.3 Å². The van der Waals surface area contributed by atoms with Crippen LogP contribution in [0.5, 0.6) is 5.75 Å². The number of hydrogen-bond acceptors (Lipinski definition) is 5. The van der Waals surface area contributed by atoms with Gasteiger partial charge < -0.3 is 14.6 Å². The summed E-state index contributed by atoms with van der Waals surface area (Å²) in [7, 11) is -1.12. The minimum Gasteiger partial charge on any atom is -0.726 e. The van der Waals surface area contributed by atoms with Gasteiger partial charge in [-0.05, 0) is 38.1 Å². The van der Waals surface area contributed by atoms with Crippen LogP contribution in [0.3, 0.4) is 0 Å². The molecule has 0 fully saturated rings. The number of methoxy groups -OCH3 is 1. The highest BCUT2D eigenvalue weighted by atomic mass is 32.3. The molecule has 0 atom stereocenters. The van der Waals surface area contributed by atoms with Crippen LogP contribution in [0.1, 0.15) is 19.4 Å². The number of fused-ring (bicyclic) bond motifs is 1. The zero-order valence-corrected chi connectivity index (χ0v) is 17.0. The Morgan fingerprint density at radius 3 is 2.25 bits per heavy atom. The number of para-hydroxylation sites is 1. The average Bonchev–Trinajstić information content (AvgIpc) is 2.82. The third-order valence-electron chi connectivity index (χ3n) is 4.52. The Bertz CT molecular complexity index is 986. The molecular formula is C20H24N2O5S. The van der Waals surface area contributed by atoms with Crippen LogP contribution in [0.4, 0.5) is 11.4 Å². The van der Waals surface area contributed by atoms with Gasteiger partial charge in [0.25, 0.3) is 0 Å². The summed E-state index contributed by atoms with van der Waals surface area (Å²) < 4.78 is 40.3. The van der Waals surface area contributed by atoms with Crippen LogP contribution in [0.2, 0.25) is 0 Å². The molecule has 2 aromatic rings. The van der Waals surface area contributed by atoms with Crippen LogP contribution in [-0.2, 0) is 15.8 Å². The van der Waals surface area contributed by atoms with Crippen LogP contribution in [0.25, 0.3) is 0 Å². The minimum atomic E-state index is -4.92. The highest BCUT2D eigenvalue weighted by Gasteiger charge is 2.42. The second-order valence-electron chi connectivity index (χ2n) is 6.72. The van der Waals surface area contributed by atoms with E-state index in [9.17, 15) is 0 Å². The van der Waals surface area contributed by atoms with Crippen molar-refractivity contribution in [3.05, 3.63) is 66.4 Å². The second-order valence-corrected chi connectivity index (χ2v) is 7.58. The molecule has 0 aliphatic carbocycles. The summed E-state index contributed by atoms with van der Waals surface area (Å²) in [6.45, 7) is 4.53. The van der Waals surface area contributed by atoms with Gasteiger partial charge in [0.1, 0.15) is 12.8 Å². The van der Waals surface area contributed by atoms with Crippen molar-refractivity contribution < 1.29 is 26.8 Å². The quantitative estimate of drug-likeness (QED) is 0.460. The Hall–Kier alpha value is -2.68. The molecular weight excluding hydrogens is 380 g/mol. The van der Waals surface area contributed by atoms with E-state index in [0.29, 0.717) is 0 Å². The van der Waals surface area contributed by atoms with Gasteiger partial charge in [0.05, 0.1) is 12.5 Å². The number of nitrogens with zero attached hydrogens (tertiary/aromatic N) is 1. The smallest absolute Gasteiger partial charge is 0.215 e. The molecule has 150 valence electrons. The molecule has 7 nitrogen and oxygen atoms in total. The van der Waals surface area contributed by atoms with Crippen molar-refractivity contribution in [2.75, 3.05) is 19.5 Å². The second kappa shape index (κ2) is 8.55. The van der Waals surface area contributed by atoms with E-state index < -0.39 is 10.4 Å². The third-order valence-corrected chi connectivity index (χ3v) is 4.52. The first kappa shape index (κ1) is 21.6. The lowest BCUT2D eigenvalue weighted by atomic mass is 9.81. The Balaban J connectivity index is 0.000000500. The van der Waals surface area contributed by atoms with E-state index in [1.54, 1.807) is 7.11 Å². The van der Waals surface area contributed by atoms with Crippen LogP contribution < -0.4 is 10.1 Å². The molecule has 0 radical (unpaired) electrons. The number of anilines is 1. The van der Waals surface area contributed by atoms with E-state index >= 15 is 0 Å². The molecule has 0 aromatic heterocycles.